The number of benzene rings is 1. The highest BCUT2D eigenvalue weighted by Crippen LogP contribution is 2.24. The first-order chi connectivity index (χ1) is 16.6. The molecule has 174 valence electrons. The number of fused-ring (bicyclic) bond motifs is 1. The van der Waals surface area contributed by atoms with Crippen LogP contribution in [0.15, 0.2) is 60.0 Å². The molecule has 5 rings (SSSR count). The number of amides is 1. The Hall–Kier alpha value is -3.30. The predicted octanol–water partition coefficient (Wildman–Crippen LogP) is 3.39. The van der Waals surface area contributed by atoms with E-state index in [0.717, 1.165) is 55.2 Å². The van der Waals surface area contributed by atoms with E-state index in [2.05, 4.69) is 31.0 Å². The van der Waals surface area contributed by atoms with Gasteiger partial charge in [-0.2, -0.15) is 4.98 Å². The van der Waals surface area contributed by atoms with Gasteiger partial charge in [-0.3, -0.25) is 14.7 Å². The summed E-state index contributed by atoms with van der Waals surface area (Å²) >= 11 is 1.53. The van der Waals surface area contributed by atoms with Crippen molar-refractivity contribution in [1.29, 1.82) is 0 Å². The largest absolute Gasteiger partial charge is 0.336 e. The van der Waals surface area contributed by atoms with E-state index in [9.17, 15) is 4.79 Å². The molecule has 0 N–H and O–H groups in total. The van der Waals surface area contributed by atoms with Crippen LogP contribution in [-0.2, 0) is 12.3 Å². The van der Waals surface area contributed by atoms with Gasteiger partial charge >= 0.3 is 0 Å². The lowest BCUT2D eigenvalue weighted by Crippen LogP contribution is -2.48. The van der Waals surface area contributed by atoms with Crippen molar-refractivity contribution in [3.63, 3.8) is 0 Å². The van der Waals surface area contributed by atoms with Gasteiger partial charge in [0.15, 0.2) is 0 Å². The van der Waals surface area contributed by atoms with Crippen molar-refractivity contribution in [3.8, 4) is 0 Å². The molecule has 34 heavy (non-hydrogen) atoms. The summed E-state index contributed by atoms with van der Waals surface area (Å²) in [6.07, 6.45) is 3.70. The van der Waals surface area contributed by atoms with Gasteiger partial charge in [0.05, 0.1) is 0 Å². The average molecular weight is 474 g/mol. The van der Waals surface area contributed by atoms with Crippen molar-refractivity contribution in [2.75, 3.05) is 26.2 Å². The maximum atomic E-state index is 13.4. The SMILES string of the molecule is Cc1cc(C)n2nc(SCc3ccccc3C(=O)N3CCN(Cc4cccnc4)CC3)nc2n1. The second-order valence-electron chi connectivity index (χ2n) is 8.52. The van der Waals surface area contributed by atoms with Crippen molar-refractivity contribution in [2.45, 2.75) is 31.3 Å². The second-order valence-corrected chi connectivity index (χ2v) is 9.46. The van der Waals surface area contributed by atoms with Crippen LogP contribution in [0.5, 0.6) is 0 Å². The lowest BCUT2D eigenvalue weighted by atomic mass is 10.1. The number of aryl methyl sites for hydroxylation is 2. The van der Waals surface area contributed by atoms with Crippen LogP contribution in [0, 0.1) is 13.8 Å². The molecular weight excluding hydrogens is 446 g/mol. The van der Waals surface area contributed by atoms with Crippen molar-refractivity contribution >= 4 is 23.4 Å². The number of carbonyl (C=O) groups is 1. The van der Waals surface area contributed by atoms with E-state index in [0.29, 0.717) is 16.7 Å². The van der Waals surface area contributed by atoms with Gasteiger partial charge in [0.25, 0.3) is 11.7 Å². The van der Waals surface area contributed by atoms with Crippen LogP contribution >= 0.6 is 11.8 Å². The second kappa shape index (κ2) is 9.90. The van der Waals surface area contributed by atoms with Crippen molar-refractivity contribution in [1.82, 2.24) is 34.4 Å². The molecule has 9 heteroatoms. The summed E-state index contributed by atoms with van der Waals surface area (Å²) in [6, 6.07) is 13.9. The Morgan fingerprint density at radius 3 is 2.65 bits per heavy atom. The van der Waals surface area contributed by atoms with E-state index >= 15 is 0 Å². The summed E-state index contributed by atoms with van der Waals surface area (Å²) in [5, 5.41) is 5.24. The summed E-state index contributed by atoms with van der Waals surface area (Å²) in [5.74, 6) is 1.32. The summed E-state index contributed by atoms with van der Waals surface area (Å²) in [6.45, 7) is 7.97. The minimum Gasteiger partial charge on any atom is -0.336 e. The molecule has 0 saturated carbocycles. The third-order valence-electron chi connectivity index (χ3n) is 5.99. The Bertz CT molecular complexity index is 1300. The molecule has 1 amide bonds. The first-order valence-corrected chi connectivity index (χ1v) is 12.4. The van der Waals surface area contributed by atoms with Crippen LogP contribution in [0.3, 0.4) is 0 Å². The molecule has 0 radical (unpaired) electrons. The Morgan fingerprint density at radius 1 is 1.03 bits per heavy atom. The van der Waals surface area contributed by atoms with Gasteiger partial charge in [-0.1, -0.05) is 36.0 Å². The normalized spacial score (nSPS) is 14.6. The minimum atomic E-state index is 0.0910. The van der Waals surface area contributed by atoms with E-state index in [4.69, 9.17) is 0 Å². The molecule has 0 unspecified atom stereocenters. The number of nitrogens with zero attached hydrogens (tertiary/aromatic N) is 7. The monoisotopic (exact) mass is 473 g/mol. The average Bonchev–Trinajstić information content (AvgIpc) is 3.27. The first kappa shape index (κ1) is 22.5. The molecule has 0 aliphatic carbocycles. The van der Waals surface area contributed by atoms with E-state index in [1.54, 1.807) is 10.7 Å². The van der Waals surface area contributed by atoms with E-state index in [1.807, 2.05) is 61.3 Å². The number of hydrogen-bond acceptors (Lipinski definition) is 7. The van der Waals surface area contributed by atoms with Gasteiger partial charge in [-0.05, 0) is 43.2 Å². The third-order valence-corrected chi connectivity index (χ3v) is 6.88. The molecule has 4 heterocycles. The van der Waals surface area contributed by atoms with Gasteiger partial charge in [0.1, 0.15) is 0 Å². The third kappa shape index (κ3) is 4.95. The molecule has 1 aliphatic rings. The zero-order chi connectivity index (χ0) is 23.5. The maximum Gasteiger partial charge on any atom is 0.254 e. The molecule has 1 aromatic carbocycles. The highest BCUT2D eigenvalue weighted by molar-refractivity contribution is 7.98. The fraction of sp³-hybridized carbons (Fsp3) is 0.320. The molecule has 0 atom stereocenters. The van der Waals surface area contributed by atoms with Crippen molar-refractivity contribution in [3.05, 3.63) is 82.9 Å². The Morgan fingerprint density at radius 2 is 1.85 bits per heavy atom. The molecule has 1 saturated heterocycles. The van der Waals surface area contributed by atoms with E-state index < -0.39 is 0 Å². The molecular formula is C25H27N7OS. The standard InChI is InChI=1S/C25H27N7OS/c1-18-14-19(2)32-24(27-18)28-25(29-32)34-17-21-7-3-4-8-22(21)23(33)31-12-10-30(11-13-31)16-20-6-5-9-26-15-20/h3-9,14-15H,10-13,16-17H2,1-2H3. The molecule has 1 fully saturated rings. The van der Waals surface area contributed by atoms with Crippen molar-refractivity contribution in [2.24, 2.45) is 0 Å². The van der Waals surface area contributed by atoms with Crippen LogP contribution in [0.4, 0.5) is 0 Å². The highest BCUT2D eigenvalue weighted by atomic mass is 32.2. The smallest absolute Gasteiger partial charge is 0.254 e. The van der Waals surface area contributed by atoms with Crippen molar-refractivity contribution < 1.29 is 4.79 Å². The number of hydrogen-bond donors (Lipinski definition) is 0. The maximum absolute atomic E-state index is 13.4. The molecule has 3 aromatic heterocycles. The quantitative estimate of drug-likeness (QED) is 0.397. The van der Waals surface area contributed by atoms with Crippen LogP contribution < -0.4 is 0 Å². The topological polar surface area (TPSA) is 79.5 Å². The van der Waals surface area contributed by atoms with Crippen LogP contribution in [-0.4, -0.2) is 66.5 Å². The van der Waals surface area contributed by atoms with E-state index in [1.165, 1.54) is 17.3 Å². The number of pyridine rings is 1. The molecule has 4 aromatic rings. The summed E-state index contributed by atoms with van der Waals surface area (Å²) in [4.78, 5) is 30.9. The van der Waals surface area contributed by atoms with Gasteiger partial charge < -0.3 is 4.90 Å². The van der Waals surface area contributed by atoms with E-state index in [-0.39, 0.29) is 5.91 Å². The summed E-state index contributed by atoms with van der Waals surface area (Å²) in [7, 11) is 0. The molecule has 8 nitrogen and oxygen atoms in total. The number of piperazine rings is 1. The Kier molecular flexibility index (Phi) is 6.55. The van der Waals surface area contributed by atoms with Crippen LogP contribution in [0.25, 0.3) is 5.78 Å². The molecule has 1 aliphatic heterocycles. The zero-order valence-corrected chi connectivity index (χ0v) is 20.2. The number of aromatic nitrogens is 5. The number of rotatable bonds is 6. The first-order valence-electron chi connectivity index (χ1n) is 11.4. The molecule has 0 spiro atoms. The van der Waals surface area contributed by atoms with Crippen LogP contribution in [0.1, 0.15) is 32.9 Å². The fourth-order valence-corrected chi connectivity index (χ4v) is 5.06. The lowest BCUT2D eigenvalue weighted by molar-refractivity contribution is 0.0627. The van der Waals surface area contributed by atoms with Crippen LogP contribution in [0.2, 0.25) is 0 Å². The summed E-state index contributed by atoms with van der Waals surface area (Å²) in [5.41, 5.74) is 4.87. The Labute approximate surface area is 203 Å². The highest BCUT2D eigenvalue weighted by Gasteiger charge is 2.24. The minimum absolute atomic E-state index is 0.0910. The predicted molar refractivity (Wildman–Crippen MR) is 132 cm³/mol. The summed E-state index contributed by atoms with van der Waals surface area (Å²) < 4.78 is 1.76. The fourth-order valence-electron chi connectivity index (χ4n) is 4.24. The van der Waals surface area contributed by atoms with Gasteiger partial charge in [-0.25, -0.2) is 9.50 Å². The Balaban J connectivity index is 1.23. The number of thioether (sulfide) groups is 1. The van der Waals surface area contributed by atoms with Gasteiger partial charge in [0.2, 0.25) is 5.16 Å². The van der Waals surface area contributed by atoms with Gasteiger partial charge in [0, 0.05) is 67.8 Å². The lowest BCUT2D eigenvalue weighted by Gasteiger charge is -2.35. The molecule has 0 bridgehead atoms. The zero-order valence-electron chi connectivity index (χ0n) is 19.4. The van der Waals surface area contributed by atoms with Gasteiger partial charge in [-0.15, -0.1) is 5.10 Å². The number of carbonyl (C=O) groups excluding carboxylic acids is 1.